The molecule has 1 amide bonds. The molecule has 17 heavy (non-hydrogen) atoms. The number of thiazole rings is 1. The summed E-state index contributed by atoms with van der Waals surface area (Å²) in [5.74, 6) is 0.318. The zero-order valence-electron chi connectivity index (χ0n) is 9.17. The molecule has 88 valence electrons. The molecule has 0 spiro atoms. The van der Waals surface area contributed by atoms with Gasteiger partial charge in [0.15, 0.2) is 0 Å². The number of amides is 1. The lowest BCUT2D eigenvalue weighted by Gasteiger charge is -2.04. The predicted molar refractivity (Wildman–Crippen MR) is 64.9 cm³/mol. The lowest BCUT2D eigenvalue weighted by atomic mass is 10.4. The number of anilines is 1. The Hall–Kier alpha value is -2.02. The third-order valence-electron chi connectivity index (χ3n) is 2.03. The molecule has 0 unspecified atom stereocenters. The third kappa shape index (κ3) is 2.97. The van der Waals surface area contributed by atoms with Crippen LogP contribution in [0.25, 0.3) is 0 Å². The molecule has 0 aliphatic carbocycles. The molecule has 2 heterocycles. The molecule has 2 N–H and O–H groups in total. The zero-order valence-corrected chi connectivity index (χ0v) is 9.99. The van der Waals surface area contributed by atoms with E-state index in [4.69, 9.17) is 0 Å². The highest BCUT2D eigenvalue weighted by atomic mass is 32.1. The van der Waals surface area contributed by atoms with Gasteiger partial charge in [-0.1, -0.05) is 0 Å². The molecule has 6 nitrogen and oxygen atoms in total. The van der Waals surface area contributed by atoms with Crippen LogP contribution < -0.4 is 10.6 Å². The summed E-state index contributed by atoms with van der Waals surface area (Å²) < 4.78 is 0. The normalized spacial score (nSPS) is 9.94. The molecule has 0 radical (unpaired) electrons. The predicted octanol–water partition coefficient (Wildman–Crippen LogP) is 0.905. The van der Waals surface area contributed by atoms with Gasteiger partial charge in [-0.05, 0) is 0 Å². The van der Waals surface area contributed by atoms with Gasteiger partial charge in [0.2, 0.25) is 0 Å². The standard InChI is InChI=1S/C10H11N5OS/c1-11-9-5-12-4-8(15-9)10(16)14-3-7-2-13-6-17-7/h2,4-6H,3H2,1H3,(H,11,15)(H,14,16). The summed E-state index contributed by atoms with van der Waals surface area (Å²) in [5, 5.41) is 5.58. The fraction of sp³-hybridized carbons (Fsp3) is 0.200. The van der Waals surface area contributed by atoms with Crippen LogP contribution in [0.15, 0.2) is 24.1 Å². The van der Waals surface area contributed by atoms with Crippen LogP contribution in [-0.2, 0) is 6.54 Å². The number of nitrogens with zero attached hydrogens (tertiary/aromatic N) is 3. The number of carbonyl (C=O) groups is 1. The van der Waals surface area contributed by atoms with Crippen molar-refractivity contribution in [2.75, 3.05) is 12.4 Å². The summed E-state index contributed by atoms with van der Waals surface area (Å²) >= 11 is 1.49. The van der Waals surface area contributed by atoms with Gasteiger partial charge in [-0.2, -0.15) is 0 Å². The van der Waals surface area contributed by atoms with Crippen LogP contribution in [0.1, 0.15) is 15.4 Å². The Balaban J connectivity index is 1.99. The summed E-state index contributed by atoms with van der Waals surface area (Å²) in [6, 6.07) is 0. The van der Waals surface area contributed by atoms with Gasteiger partial charge in [0.1, 0.15) is 11.5 Å². The summed E-state index contributed by atoms with van der Waals surface area (Å²) in [7, 11) is 1.73. The van der Waals surface area contributed by atoms with Gasteiger partial charge in [0.05, 0.1) is 24.4 Å². The fourth-order valence-corrected chi connectivity index (χ4v) is 1.72. The summed E-state index contributed by atoms with van der Waals surface area (Å²) in [5.41, 5.74) is 2.02. The molecule has 0 aliphatic rings. The fourth-order valence-electron chi connectivity index (χ4n) is 1.18. The Morgan fingerprint density at radius 3 is 2.94 bits per heavy atom. The molecular formula is C10H11N5OS. The Morgan fingerprint density at radius 2 is 2.24 bits per heavy atom. The van der Waals surface area contributed by atoms with Crippen molar-refractivity contribution in [3.8, 4) is 0 Å². The minimum absolute atomic E-state index is 0.247. The van der Waals surface area contributed by atoms with E-state index >= 15 is 0 Å². The molecule has 0 fully saturated rings. The van der Waals surface area contributed by atoms with Crippen molar-refractivity contribution < 1.29 is 4.79 Å². The number of rotatable bonds is 4. The van der Waals surface area contributed by atoms with Gasteiger partial charge in [-0.3, -0.25) is 14.8 Å². The van der Waals surface area contributed by atoms with Crippen molar-refractivity contribution in [2.45, 2.75) is 6.54 Å². The van der Waals surface area contributed by atoms with E-state index in [2.05, 4.69) is 25.6 Å². The second-order valence-corrected chi connectivity index (χ2v) is 4.16. The van der Waals surface area contributed by atoms with Crippen LogP contribution in [-0.4, -0.2) is 27.9 Å². The van der Waals surface area contributed by atoms with Crippen LogP contribution in [0.2, 0.25) is 0 Å². The van der Waals surface area contributed by atoms with Crippen LogP contribution >= 0.6 is 11.3 Å². The van der Waals surface area contributed by atoms with Gasteiger partial charge < -0.3 is 10.6 Å². The summed E-state index contributed by atoms with van der Waals surface area (Å²) in [6.45, 7) is 0.453. The Labute approximate surface area is 102 Å². The first kappa shape index (κ1) is 11.5. The van der Waals surface area contributed by atoms with Crippen molar-refractivity contribution in [1.29, 1.82) is 0 Å². The molecular weight excluding hydrogens is 238 g/mol. The average molecular weight is 249 g/mol. The van der Waals surface area contributed by atoms with E-state index in [1.165, 1.54) is 17.5 Å². The Kier molecular flexibility index (Phi) is 3.61. The third-order valence-corrected chi connectivity index (χ3v) is 2.81. The van der Waals surface area contributed by atoms with E-state index < -0.39 is 0 Å². The molecule has 0 saturated heterocycles. The monoisotopic (exact) mass is 249 g/mol. The van der Waals surface area contributed by atoms with Crippen molar-refractivity contribution >= 4 is 23.1 Å². The number of aromatic nitrogens is 3. The molecule has 0 saturated carbocycles. The molecule has 0 aliphatic heterocycles. The maximum Gasteiger partial charge on any atom is 0.271 e. The van der Waals surface area contributed by atoms with Gasteiger partial charge >= 0.3 is 0 Å². The van der Waals surface area contributed by atoms with Crippen molar-refractivity contribution in [3.63, 3.8) is 0 Å². The summed E-state index contributed by atoms with van der Waals surface area (Å²) in [4.78, 5) is 24.7. The first-order chi connectivity index (χ1) is 8.29. The molecule has 0 bridgehead atoms. The van der Waals surface area contributed by atoms with E-state index in [9.17, 15) is 4.79 Å². The zero-order chi connectivity index (χ0) is 12.1. The second kappa shape index (κ2) is 5.35. The van der Waals surface area contributed by atoms with E-state index in [0.29, 0.717) is 18.1 Å². The average Bonchev–Trinajstić information content (AvgIpc) is 2.89. The number of carbonyl (C=O) groups excluding carboxylic acids is 1. The van der Waals surface area contributed by atoms with Gasteiger partial charge in [0.25, 0.3) is 5.91 Å². The van der Waals surface area contributed by atoms with E-state index in [1.807, 2.05) is 0 Å². The molecule has 2 aromatic heterocycles. The quantitative estimate of drug-likeness (QED) is 0.841. The molecule has 7 heteroatoms. The minimum Gasteiger partial charge on any atom is -0.372 e. The topological polar surface area (TPSA) is 79.8 Å². The minimum atomic E-state index is -0.247. The SMILES string of the molecule is CNc1cncc(C(=O)NCc2cncs2)n1. The first-order valence-electron chi connectivity index (χ1n) is 4.95. The molecule has 0 aromatic carbocycles. The first-order valence-corrected chi connectivity index (χ1v) is 5.83. The van der Waals surface area contributed by atoms with Crippen molar-refractivity contribution in [3.05, 3.63) is 34.7 Å². The van der Waals surface area contributed by atoms with E-state index in [-0.39, 0.29) is 5.91 Å². The highest BCUT2D eigenvalue weighted by Gasteiger charge is 2.08. The number of nitrogens with one attached hydrogen (secondary N) is 2. The van der Waals surface area contributed by atoms with Gasteiger partial charge in [-0.15, -0.1) is 11.3 Å². The smallest absolute Gasteiger partial charge is 0.271 e. The molecule has 2 aromatic rings. The van der Waals surface area contributed by atoms with Crippen LogP contribution in [0.5, 0.6) is 0 Å². The van der Waals surface area contributed by atoms with Crippen LogP contribution in [0.3, 0.4) is 0 Å². The maximum atomic E-state index is 11.8. The van der Waals surface area contributed by atoms with Crippen molar-refractivity contribution in [1.82, 2.24) is 20.3 Å². The molecule has 2 rings (SSSR count). The van der Waals surface area contributed by atoms with Crippen LogP contribution in [0, 0.1) is 0 Å². The number of hydrogen-bond acceptors (Lipinski definition) is 6. The largest absolute Gasteiger partial charge is 0.372 e. The van der Waals surface area contributed by atoms with Crippen LogP contribution in [0.4, 0.5) is 5.82 Å². The van der Waals surface area contributed by atoms with Gasteiger partial charge in [0, 0.05) is 18.1 Å². The highest BCUT2D eigenvalue weighted by molar-refractivity contribution is 7.09. The lowest BCUT2D eigenvalue weighted by Crippen LogP contribution is -2.23. The Morgan fingerprint density at radius 1 is 1.35 bits per heavy atom. The van der Waals surface area contributed by atoms with E-state index in [0.717, 1.165) is 4.88 Å². The summed E-state index contributed by atoms with van der Waals surface area (Å²) in [6.07, 6.45) is 4.71. The maximum absolute atomic E-state index is 11.8. The lowest BCUT2D eigenvalue weighted by molar-refractivity contribution is 0.0946. The number of hydrogen-bond donors (Lipinski definition) is 2. The Bertz CT molecular complexity index is 499. The van der Waals surface area contributed by atoms with Crippen molar-refractivity contribution in [2.24, 2.45) is 0 Å². The van der Waals surface area contributed by atoms with E-state index in [1.54, 1.807) is 25.0 Å². The second-order valence-electron chi connectivity index (χ2n) is 3.19. The molecule has 0 atom stereocenters. The van der Waals surface area contributed by atoms with Gasteiger partial charge in [-0.25, -0.2) is 4.98 Å². The highest BCUT2D eigenvalue weighted by Crippen LogP contribution is 2.05.